The van der Waals surface area contributed by atoms with E-state index in [0.29, 0.717) is 13.0 Å². The highest BCUT2D eigenvalue weighted by Crippen LogP contribution is 2.08. The lowest BCUT2D eigenvalue weighted by Crippen LogP contribution is -2.53. The molecule has 2 atom stereocenters. The van der Waals surface area contributed by atoms with Crippen molar-refractivity contribution in [2.45, 2.75) is 44.2 Å². The molecule has 0 aromatic rings. The zero-order chi connectivity index (χ0) is 11.4. The van der Waals surface area contributed by atoms with Crippen molar-refractivity contribution in [2.24, 2.45) is 0 Å². The van der Waals surface area contributed by atoms with Crippen molar-refractivity contribution in [1.29, 1.82) is 0 Å². The minimum absolute atomic E-state index is 0.0358. The van der Waals surface area contributed by atoms with Gasteiger partial charge in [0.1, 0.15) is 0 Å². The Hall–Kier alpha value is -1.10. The fourth-order valence-corrected chi connectivity index (χ4v) is 2.23. The molecule has 16 heavy (non-hydrogen) atoms. The molecule has 2 amide bonds. The van der Waals surface area contributed by atoms with Gasteiger partial charge in [0.05, 0.1) is 6.04 Å². The smallest absolute Gasteiger partial charge is 0.237 e. The zero-order valence-electron chi connectivity index (χ0n) is 9.42. The maximum Gasteiger partial charge on any atom is 0.237 e. The van der Waals surface area contributed by atoms with E-state index in [9.17, 15) is 9.59 Å². The number of carbonyl (C=O) groups excluding carboxylic acids is 2. The van der Waals surface area contributed by atoms with Crippen LogP contribution in [0.2, 0.25) is 0 Å². The largest absolute Gasteiger partial charge is 0.354 e. The molecule has 0 aromatic heterocycles. The number of rotatable bonds is 2. The molecular weight excluding hydrogens is 206 g/mol. The summed E-state index contributed by atoms with van der Waals surface area (Å²) in [5, 5.41) is 8.98. The molecule has 90 valence electrons. The molecule has 5 nitrogen and oxygen atoms in total. The maximum atomic E-state index is 11.9. The molecule has 0 aromatic carbocycles. The van der Waals surface area contributed by atoms with Crippen molar-refractivity contribution in [1.82, 2.24) is 16.0 Å². The summed E-state index contributed by atoms with van der Waals surface area (Å²) in [6.45, 7) is 1.50. The fourth-order valence-electron chi connectivity index (χ4n) is 2.23. The highest BCUT2D eigenvalue weighted by atomic mass is 16.2. The third kappa shape index (κ3) is 2.95. The van der Waals surface area contributed by atoms with Gasteiger partial charge in [0.2, 0.25) is 11.8 Å². The van der Waals surface area contributed by atoms with Crippen LogP contribution in [-0.2, 0) is 9.59 Å². The van der Waals surface area contributed by atoms with Crippen molar-refractivity contribution in [2.75, 3.05) is 13.1 Å². The van der Waals surface area contributed by atoms with E-state index < -0.39 is 0 Å². The van der Waals surface area contributed by atoms with Gasteiger partial charge in [-0.3, -0.25) is 9.59 Å². The highest BCUT2D eigenvalue weighted by Gasteiger charge is 2.25. The first-order valence-electron chi connectivity index (χ1n) is 6.06. The molecule has 3 N–H and O–H groups in total. The Kier molecular flexibility index (Phi) is 3.77. The van der Waals surface area contributed by atoms with E-state index in [1.54, 1.807) is 0 Å². The fraction of sp³-hybridized carbons (Fsp3) is 0.818. The van der Waals surface area contributed by atoms with Gasteiger partial charge in [-0.15, -0.1) is 0 Å². The molecule has 2 heterocycles. The highest BCUT2D eigenvalue weighted by molar-refractivity contribution is 5.82. The lowest BCUT2D eigenvalue weighted by Gasteiger charge is -2.28. The van der Waals surface area contributed by atoms with E-state index in [0.717, 1.165) is 32.2 Å². The van der Waals surface area contributed by atoms with Crippen molar-refractivity contribution >= 4 is 11.8 Å². The second-order valence-electron chi connectivity index (χ2n) is 4.55. The van der Waals surface area contributed by atoms with Crippen LogP contribution in [0.3, 0.4) is 0 Å². The quantitative estimate of drug-likeness (QED) is 0.594. The molecule has 2 unspecified atom stereocenters. The van der Waals surface area contributed by atoms with Gasteiger partial charge in [-0.1, -0.05) is 6.42 Å². The molecule has 0 spiro atoms. The SMILES string of the molecule is O=C1CCC(NC(=O)C2CCCCN2)CN1. The van der Waals surface area contributed by atoms with Gasteiger partial charge in [-0.2, -0.15) is 0 Å². The van der Waals surface area contributed by atoms with Crippen LogP contribution >= 0.6 is 0 Å². The zero-order valence-corrected chi connectivity index (χ0v) is 9.42. The van der Waals surface area contributed by atoms with Crippen molar-refractivity contribution in [3.63, 3.8) is 0 Å². The average Bonchev–Trinajstić information content (AvgIpc) is 2.33. The first kappa shape index (κ1) is 11.4. The van der Waals surface area contributed by atoms with E-state index in [2.05, 4.69) is 16.0 Å². The lowest BCUT2D eigenvalue weighted by molar-refractivity contribution is -0.127. The summed E-state index contributed by atoms with van der Waals surface area (Å²) in [6.07, 6.45) is 4.47. The van der Waals surface area contributed by atoms with Gasteiger partial charge < -0.3 is 16.0 Å². The van der Waals surface area contributed by atoms with Crippen molar-refractivity contribution < 1.29 is 9.59 Å². The Balaban J connectivity index is 1.75. The Morgan fingerprint density at radius 1 is 1.31 bits per heavy atom. The average molecular weight is 225 g/mol. The summed E-state index contributed by atoms with van der Waals surface area (Å²) in [7, 11) is 0. The predicted molar refractivity (Wildman–Crippen MR) is 59.8 cm³/mol. The third-order valence-electron chi connectivity index (χ3n) is 3.24. The van der Waals surface area contributed by atoms with Gasteiger partial charge in [0.15, 0.2) is 0 Å². The maximum absolute atomic E-state index is 11.9. The Labute approximate surface area is 95.3 Å². The summed E-state index contributed by atoms with van der Waals surface area (Å²) >= 11 is 0. The van der Waals surface area contributed by atoms with Crippen LogP contribution in [0.4, 0.5) is 0 Å². The lowest BCUT2D eigenvalue weighted by atomic mass is 10.0. The molecule has 2 aliphatic rings. The molecule has 2 saturated heterocycles. The molecular formula is C11H19N3O2. The molecule has 2 aliphatic heterocycles. The number of carbonyl (C=O) groups is 2. The van der Waals surface area contributed by atoms with Crippen LogP contribution in [0.25, 0.3) is 0 Å². The summed E-state index contributed by atoms with van der Waals surface area (Å²) in [5.74, 6) is 0.169. The predicted octanol–water partition coefficient (Wildman–Crippen LogP) is -0.477. The Morgan fingerprint density at radius 2 is 2.19 bits per heavy atom. The van der Waals surface area contributed by atoms with E-state index in [1.165, 1.54) is 0 Å². The van der Waals surface area contributed by atoms with Gasteiger partial charge in [-0.25, -0.2) is 0 Å². The Morgan fingerprint density at radius 3 is 2.81 bits per heavy atom. The van der Waals surface area contributed by atoms with Crippen LogP contribution in [-0.4, -0.2) is 37.0 Å². The Bertz CT molecular complexity index is 264. The number of hydrogen-bond donors (Lipinski definition) is 3. The van der Waals surface area contributed by atoms with Crippen LogP contribution in [0, 0.1) is 0 Å². The standard InChI is InChI=1S/C11H19N3O2/c15-10-5-4-8(7-13-10)14-11(16)9-3-1-2-6-12-9/h8-9,12H,1-7H2,(H,13,15)(H,14,16). The van der Waals surface area contributed by atoms with Gasteiger partial charge >= 0.3 is 0 Å². The first-order chi connectivity index (χ1) is 7.75. The summed E-state index contributed by atoms with van der Waals surface area (Å²) in [4.78, 5) is 22.8. The van der Waals surface area contributed by atoms with Crippen molar-refractivity contribution in [3.8, 4) is 0 Å². The molecule has 2 rings (SSSR count). The first-order valence-corrected chi connectivity index (χ1v) is 6.06. The van der Waals surface area contributed by atoms with Gasteiger partial charge in [0.25, 0.3) is 0 Å². The number of piperidine rings is 2. The molecule has 2 fully saturated rings. The van der Waals surface area contributed by atoms with Crippen molar-refractivity contribution in [3.05, 3.63) is 0 Å². The number of hydrogen-bond acceptors (Lipinski definition) is 3. The van der Waals surface area contributed by atoms with Crippen LogP contribution in [0.5, 0.6) is 0 Å². The third-order valence-corrected chi connectivity index (χ3v) is 3.24. The summed E-state index contributed by atoms with van der Waals surface area (Å²) in [6, 6.07) is 0.0697. The number of amides is 2. The van der Waals surface area contributed by atoms with Crippen LogP contribution in [0.1, 0.15) is 32.1 Å². The molecule has 0 saturated carbocycles. The summed E-state index contributed by atoms with van der Waals surface area (Å²) in [5.41, 5.74) is 0. The second kappa shape index (κ2) is 5.30. The van der Waals surface area contributed by atoms with Crippen LogP contribution in [0.15, 0.2) is 0 Å². The van der Waals surface area contributed by atoms with E-state index >= 15 is 0 Å². The number of nitrogens with one attached hydrogen (secondary N) is 3. The molecule has 0 aliphatic carbocycles. The van der Waals surface area contributed by atoms with Gasteiger partial charge in [0, 0.05) is 19.0 Å². The normalized spacial score (nSPS) is 30.6. The van der Waals surface area contributed by atoms with Gasteiger partial charge in [-0.05, 0) is 25.8 Å². The van der Waals surface area contributed by atoms with E-state index in [4.69, 9.17) is 0 Å². The molecule has 0 radical (unpaired) electrons. The molecule has 5 heteroatoms. The van der Waals surface area contributed by atoms with E-state index in [-0.39, 0.29) is 23.9 Å². The minimum atomic E-state index is -0.0358. The minimum Gasteiger partial charge on any atom is -0.354 e. The van der Waals surface area contributed by atoms with Crippen LogP contribution < -0.4 is 16.0 Å². The second-order valence-corrected chi connectivity index (χ2v) is 4.55. The summed E-state index contributed by atoms with van der Waals surface area (Å²) < 4.78 is 0. The monoisotopic (exact) mass is 225 g/mol. The van der Waals surface area contributed by atoms with E-state index in [1.807, 2.05) is 0 Å². The molecule has 0 bridgehead atoms. The topological polar surface area (TPSA) is 70.2 Å².